The second-order valence-electron chi connectivity index (χ2n) is 4.15. The standard InChI is InChI=1S/C11H20N2O3S/c1-4-7-13-17(14,15)11-6-5-10(16-11)8-12-9(2)3/h5-6,9,12-13H,4,7-8H2,1-3H3. The van der Waals surface area contributed by atoms with E-state index < -0.39 is 10.0 Å². The molecule has 5 nitrogen and oxygen atoms in total. The van der Waals surface area contributed by atoms with Gasteiger partial charge in [-0.15, -0.1) is 0 Å². The van der Waals surface area contributed by atoms with Crippen molar-refractivity contribution in [2.24, 2.45) is 0 Å². The van der Waals surface area contributed by atoms with Gasteiger partial charge in [-0.05, 0) is 18.6 Å². The lowest BCUT2D eigenvalue weighted by molar-refractivity contribution is 0.393. The summed E-state index contributed by atoms with van der Waals surface area (Å²) in [5, 5.41) is 3.14. The summed E-state index contributed by atoms with van der Waals surface area (Å²) in [6, 6.07) is 3.49. The molecule has 0 radical (unpaired) electrons. The molecule has 0 amide bonds. The van der Waals surface area contributed by atoms with Crippen molar-refractivity contribution in [1.29, 1.82) is 0 Å². The van der Waals surface area contributed by atoms with E-state index >= 15 is 0 Å². The van der Waals surface area contributed by atoms with Gasteiger partial charge in [0.2, 0.25) is 5.09 Å². The number of hydrogen-bond donors (Lipinski definition) is 2. The lowest BCUT2D eigenvalue weighted by Gasteiger charge is -2.05. The fourth-order valence-corrected chi connectivity index (χ4v) is 2.29. The van der Waals surface area contributed by atoms with Gasteiger partial charge in [-0.2, -0.15) is 0 Å². The van der Waals surface area contributed by atoms with Gasteiger partial charge in [0.1, 0.15) is 5.76 Å². The first-order chi connectivity index (χ1) is 7.95. The summed E-state index contributed by atoms with van der Waals surface area (Å²) in [5.74, 6) is 0.621. The summed E-state index contributed by atoms with van der Waals surface area (Å²) in [6.45, 7) is 6.89. The van der Waals surface area contributed by atoms with Crippen LogP contribution < -0.4 is 10.0 Å². The smallest absolute Gasteiger partial charge is 0.273 e. The summed E-state index contributed by atoms with van der Waals surface area (Å²) in [7, 11) is -3.48. The Kier molecular flexibility index (Phi) is 5.17. The van der Waals surface area contributed by atoms with Gasteiger partial charge in [0.15, 0.2) is 0 Å². The molecule has 17 heavy (non-hydrogen) atoms. The Balaban J connectivity index is 2.67. The molecular formula is C11H20N2O3S. The molecule has 6 heteroatoms. The molecule has 0 saturated heterocycles. The van der Waals surface area contributed by atoms with Crippen LogP contribution in [0, 0.1) is 0 Å². The van der Waals surface area contributed by atoms with Gasteiger partial charge in [-0.25, -0.2) is 13.1 Å². The molecule has 0 fully saturated rings. The average Bonchev–Trinajstić information content (AvgIpc) is 2.73. The molecule has 0 saturated carbocycles. The maximum atomic E-state index is 11.7. The van der Waals surface area contributed by atoms with Crippen LogP contribution >= 0.6 is 0 Å². The summed E-state index contributed by atoms with van der Waals surface area (Å²) in [5.41, 5.74) is 0. The van der Waals surface area contributed by atoms with Gasteiger partial charge < -0.3 is 9.73 Å². The molecule has 1 rings (SSSR count). The monoisotopic (exact) mass is 260 g/mol. The van der Waals surface area contributed by atoms with Gasteiger partial charge in [0.05, 0.1) is 6.54 Å². The van der Waals surface area contributed by atoms with Crippen LogP contribution in [-0.4, -0.2) is 21.0 Å². The van der Waals surface area contributed by atoms with E-state index in [9.17, 15) is 8.42 Å². The SMILES string of the molecule is CCCNS(=O)(=O)c1ccc(CNC(C)C)o1. The highest BCUT2D eigenvalue weighted by Crippen LogP contribution is 2.13. The van der Waals surface area contributed by atoms with Crippen LogP contribution in [0.25, 0.3) is 0 Å². The van der Waals surface area contributed by atoms with Crippen molar-refractivity contribution in [1.82, 2.24) is 10.0 Å². The van der Waals surface area contributed by atoms with E-state index in [0.717, 1.165) is 6.42 Å². The molecule has 0 aromatic carbocycles. The van der Waals surface area contributed by atoms with Crippen molar-refractivity contribution in [2.75, 3.05) is 6.54 Å². The number of hydrogen-bond acceptors (Lipinski definition) is 4. The first kappa shape index (κ1) is 14.2. The fourth-order valence-electron chi connectivity index (χ4n) is 1.21. The second kappa shape index (κ2) is 6.18. The average molecular weight is 260 g/mol. The Bertz CT molecular complexity index is 437. The Hall–Kier alpha value is -0.850. The zero-order chi connectivity index (χ0) is 12.9. The molecule has 0 spiro atoms. The summed E-state index contributed by atoms with van der Waals surface area (Å²) >= 11 is 0. The maximum Gasteiger partial charge on any atom is 0.273 e. The third kappa shape index (κ3) is 4.49. The van der Waals surface area contributed by atoms with E-state index in [-0.39, 0.29) is 5.09 Å². The lowest BCUT2D eigenvalue weighted by Crippen LogP contribution is -2.24. The molecule has 1 aromatic rings. The van der Waals surface area contributed by atoms with E-state index in [1.165, 1.54) is 6.07 Å². The minimum Gasteiger partial charge on any atom is -0.447 e. The third-order valence-electron chi connectivity index (χ3n) is 2.13. The van der Waals surface area contributed by atoms with Crippen molar-refractivity contribution >= 4 is 10.0 Å². The molecule has 0 bridgehead atoms. The molecule has 0 atom stereocenters. The molecule has 1 aromatic heterocycles. The first-order valence-corrected chi connectivity index (χ1v) is 7.25. The van der Waals surface area contributed by atoms with Gasteiger partial charge in [-0.3, -0.25) is 0 Å². The van der Waals surface area contributed by atoms with Crippen LogP contribution in [0.3, 0.4) is 0 Å². The molecule has 1 heterocycles. The van der Waals surface area contributed by atoms with Gasteiger partial charge in [0, 0.05) is 12.6 Å². The normalized spacial score (nSPS) is 12.2. The number of sulfonamides is 1. The predicted molar refractivity (Wildman–Crippen MR) is 66.2 cm³/mol. The van der Waals surface area contributed by atoms with Crippen LogP contribution in [0.4, 0.5) is 0 Å². The minimum atomic E-state index is -3.48. The molecule has 0 aliphatic rings. The fraction of sp³-hybridized carbons (Fsp3) is 0.636. The Labute approximate surface area is 103 Å². The summed E-state index contributed by atoms with van der Waals surface area (Å²) in [4.78, 5) is 0. The van der Waals surface area contributed by atoms with Gasteiger partial charge in [-0.1, -0.05) is 20.8 Å². The molecule has 0 aliphatic heterocycles. The molecule has 0 aliphatic carbocycles. The van der Waals surface area contributed by atoms with Crippen molar-refractivity contribution < 1.29 is 12.8 Å². The van der Waals surface area contributed by atoms with Crippen LogP contribution in [0.1, 0.15) is 33.0 Å². The van der Waals surface area contributed by atoms with Crippen LogP contribution in [-0.2, 0) is 16.6 Å². The highest BCUT2D eigenvalue weighted by Gasteiger charge is 2.17. The molecule has 98 valence electrons. The maximum absolute atomic E-state index is 11.7. The van der Waals surface area contributed by atoms with E-state index in [1.807, 2.05) is 20.8 Å². The number of rotatable bonds is 7. The van der Waals surface area contributed by atoms with E-state index in [0.29, 0.717) is 24.9 Å². The van der Waals surface area contributed by atoms with Crippen LogP contribution in [0.2, 0.25) is 0 Å². The highest BCUT2D eigenvalue weighted by atomic mass is 32.2. The van der Waals surface area contributed by atoms with Crippen molar-refractivity contribution in [3.05, 3.63) is 17.9 Å². The minimum absolute atomic E-state index is 0.0218. The van der Waals surface area contributed by atoms with Crippen molar-refractivity contribution in [3.8, 4) is 0 Å². The number of furan rings is 1. The number of nitrogens with one attached hydrogen (secondary N) is 2. The second-order valence-corrected chi connectivity index (χ2v) is 5.85. The first-order valence-electron chi connectivity index (χ1n) is 5.77. The third-order valence-corrected chi connectivity index (χ3v) is 3.46. The quantitative estimate of drug-likeness (QED) is 0.778. The Morgan fingerprint density at radius 3 is 2.65 bits per heavy atom. The highest BCUT2D eigenvalue weighted by molar-refractivity contribution is 7.89. The molecular weight excluding hydrogens is 240 g/mol. The largest absolute Gasteiger partial charge is 0.447 e. The summed E-state index contributed by atoms with van der Waals surface area (Å²) in [6.07, 6.45) is 0.752. The van der Waals surface area contributed by atoms with Gasteiger partial charge >= 0.3 is 0 Å². The van der Waals surface area contributed by atoms with Crippen LogP contribution in [0.5, 0.6) is 0 Å². The van der Waals surface area contributed by atoms with E-state index in [1.54, 1.807) is 6.07 Å². The van der Waals surface area contributed by atoms with Gasteiger partial charge in [0.25, 0.3) is 10.0 Å². The van der Waals surface area contributed by atoms with Crippen molar-refractivity contribution in [2.45, 2.75) is 44.9 Å². The van der Waals surface area contributed by atoms with Crippen molar-refractivity contribution in [3.63, 3.8) is 0 Å². The summed E-state index contributed by atoms with van der Waals surface area (Å²) < 4.78 is 31.2. The zero-order valence-corrected chi connectivity index (χ0v) is 11.3. The van der Waals surface area contributed by atoms with E-state index in [2.05, 4.69) is 10.0 Å². The Morgan fingerprint density at radius 2 is 2.06 bits per heavy atom. The van der Waals surface area contributed by atoms with Crippen LogP contribution in [0.15, 0.2) is 21.6 Å². The topological polar surface area (TPSA) is 71.3 Å². The van der Waals surface area contributed by atoms with E-state index in [4.69, 9.17) is 4.42 Å². The molecule has 0 unspecified atom stereocenters. The zero-order valence-electron chi connectivity index (χ0n) is 10.5. The Morgan fingerprint density at radius 1 is 1.35 bits per heavy atom. The lowest BCUT2D eigenvalue weighted by atomic mass is 10.3. The predicted octanol–water partition coefficient (Wildman–Crippen LogP) is 1.47. The molecule has 2 N–H and O–H groups in total.